The molecular formula is C31H35IN2O12. The maximum absolute atomic E-state index is 13.3. The molecule has 15 heteroatoms. The molecule has 2 aromatic carbocycles. The number of nitrogens with one attached hydrogen (secondary N) is 2. The number of ether oxygens (including phenoxy) is 6. The molecule has 14 nitrogen and oxygen atoms in total. The number of hydrogen-bond donors (Lipinski definition) is 2. The van der Waals surface area contributed by atoms with Crippen molar-refractivity contribution in [2.75, 3.05) is 6.61 Å². The summed E-state index contributed by atoms with van der Waals surface area (Å²) >= 11 is 1.87. The van der Waals surface area contributed by atoms with Crippen LogP contribution in [0.1, 0.15) is 38.3 Å². The Hall–Kier alpha value is -4.25. The summed E-state index contributed by atoms with van der Waals surface area (Å²) < 4.78 is 31.6. The van der Waals surface area contributed by atoms with Gasteiger partial charge in [-0.1, -0.05) is 83.3 Å². The second-order valence-corrected chi connectivity index (χ2v) is 11.6. The van der Waals surface area contributed by atoms with Crippen molar-refractivity contribution in [2.24, 2.45) is 0 Å². The summed E-state index contributed by atoms with van der Waals surface area (Å²) in [5.41, 5.74) is 1.39. The predicted octanol–water partition coefficient (Wildman–Crippen LogP) is 2.49. The Morgan fingerprint density at radius 3 is 1.85 bits per heavy atom. The van der Waals surface area contributed by atoms with Crippen molar-refractivity contribution < 1.29 is 57.2 Å². The molecule has 2 amide bonds. The molecule has 1 fully saturated rings. The first-order valence-electron chi connectivity index (χ1n) is 14.2. The number of alkyl carbamates (subject to hydrolysis) is 1. The number of halogens is 1. The van der Waals surface area contributed by atoms with E-state index in [2.05, 4.69) is 10.6 Å². The Kier molecular flexibility index (Phi) is 14.2. The van der Waals surface area contributed by atoms with Crippen molar-refractivity contribution in [1.82, 2.24) is 10.6 Å². The number of benzene rings is 2. The molecular weight excluding hydrogens is 719 g/mol. The van der Waals surface area contributed by atoms with E-state index in [4.69, 9.17) is 28.4 Å². The van der Waals surface area contributed by atoms with Crippen molar-refractivity contribution in [3.8, 4) is 0 Å². The third kappa shape index (κ3) is 11.9. The lowest BCUT2D eigenvalue weighted by Gasteiger charge is -2.43. The molecule has 248 valence electrons. The Morgan fingerprint density at radius 2 is 1.30 bits per heavy atom. The van der Waals surface area contributed by atoms with Crippen LogP contribution in [0.4, 0.5) is 4.79 Å². The van der Waals surface area contributed by atoms with E-state index >= 15 is 0 Å². The maximum atomic E-state index is 13.3. The number of carbonyl (C=O) groups excluding carboxylic acids is 6. The average Bonchev–Trinajstić information content (AvgIpc) is 3.01. The van der Waals surface area contributed by atoms with Gasteiger partial charge in [-0.25, -0.2) is 9.59 Å². The van der Waals surface area contributed by atoms with Crippen LogP contribution in [0.3, 0.4) is 0 Å². The fourth-order valence-corrected chi connectivity index (χ4v) is 5.25. The van der Waals surface area contributed by atoms with Gasteiger partial charge in [-0.3, -0.25) is 19.2 Å². The molecule has 3 rings (SSSR count). The summed E-state index contributed by atoms with van der Waals surface area (Å²) in [5.74, 6) is -3.69. The number of amides is 2. The van der Waals surface area contributed by atoms with Crippen LogP contribution in [0.15, 0.2) is 60.7 Å². The number of carbonyl (C=O) groups is 6. The molecule has 0 saturated carbocycles. The van der Waals surface area contributed by atoms with Crippen molar-refractivity contribution in [3.63, 3.8) is 0 Å². The van der Waals surface area contributed by atoms with Crippen LogP contribution in [0.2, 0.25) is 0 Å². The Balaban J connectivity index is 1.74. The first kappa shape index (κ1) is 36.2. The highest BCUT2D eigenvalue weighted by molar-refractivity contribution is 14.1. The standard InChI is InChI=1S/C31H35IN2O12/c1-18(35)41-17-24-27(44-19(2)36)28(45-20(3)37)26(32)29(46-24)34-25(38)14-23(30(39)42-15-21-10-6-4-7-11-21)33-31(40)43-16-22-12-8-5-9-13-22/h4-13,23-24,26-29H,14-17H2,1-3H3,(H,33,40)(H,34,38)/t23-,24+,26-,27+,28+,29-/m0/s1. The molecule has 0 aromatic heterocycles. The topological polar surface area (TPSA) is 182 Å². The third-order valence-electron chi connectivity index (χ3n) is 6.38. The third-order valence-corrected chi connectivity index (χ3v) is 7.74. The van der Waals surface area contributed by atoms with Crippen LogP contribution in [0, 0.1) is 0 Å². The van der Waals surface area contributed by atoms with Gasteiger partial charge in [0.05, 0.1) is 10.3 Å². The number of alkyl halides is 1. The molecule has 1 saturated heterocycles. The number of hydrogen-bond acceptors (Lipinski definition) is 12. The monoisotopic (exact) mass is 754 g/mol. The van der Waals surface area contributed by atoms with Crippen molar-refractivity contribution in [1.29, 1.82) is 0 Å². The van der Waals surface area contributed by atoms with Gasteiger partial charge < -0.3 is 39.1 Å². The number of esters is 4. The minimum atomic E-state index is -1.46. The van der Waals surface area contributed by atoms with Gasteiger partial charge in [0.1, 0.15) is 38.2 Å². The molecule has 0 spiro atoms. The summed E-state index contributed by atoms with van der Waals surface area (Å²) in [6.07, 6.45) is -6.13. The van der Waals surface area contributed by atoms with Gasteiger partial charge in [0, 0.05) is 20.8 Å². The molecule has 1 heterocycles. The molecule has 1 aliphatic heterocycles. The van der Waals surface area contributed by atoms with Gasteiger partial charge in [-0.15, -0.1) is 0 Å². The minimum Gasteiger partial charge on any atom is -0.463 e. The normalized spacial score (nSPS) is 21.1. The molecule has 2 aromatic rings. The zero-order valence-corrected chi connectivity index (χ0v) is 27.5. The second kappa shape index (κ2) is 18.0. The molecule has 2 N–H and O–H groups in total. The first-order chi connectivity index (χ1) is 21.9. The van der Waals surface area contributed by atoms with Gasteiger partial charge in [-0.2, -0.15) is 0 Å². The van der Waals surface area contributed by atoms with Gasteiger partial charge in [0.15, 0.2) is 12.2 Å². The van der Waals surface area contributed by atoms with Crippen LogP contribution < -0.4 is 10.6 Å². The summed E-state index contributed by atoms with van der Waals surface area (Å²) in [5, 5.41) is 5.00. The molecule has 46 heavy (non-hydrogen) atoms. The van der Waals surface area contributed by atoms with E-state index in [1.54, 1.807) is 60.7 Å². The smallest absolute Gasteiger partial charge is 0.408 e. The summed E-state index contributed by atoms with van der Waals surface area (Å²) in [4.78, 5) is 74.3. The predicted molar refractivity (Wildman–Crippen MR) is 167 cm³/mol. The lowest BCUT2D eigenvalue weighted by Crippen LogP contribution is -2.63. The molecule has 0 unspecified atom stereocenters. The fourth-order valence-electron chi connectivity index (χ4n) is 4.34. The molecule has 1 aliphatic rings. The maximum Gasteiger partial charge on any atom is 0.408 e. The van der Waals surface area contributed by atoms with Crippen LogP contribution in [-0.2, 0) is 65.6 Å². The van der Waals surface area contributed by atoms with Crippen LogP contribution >= 0.6 is 22.6 Å². The van der Waals surface area contributed by atoms with Crippen molar-refractivity contribution in [3.05, 3.63) is 71.8 Å². The van der Waals surface area contributed by atoms with Gasteiger partial charge in [-0.05, 0) is 11.1 Å². The summed E-state index contributed by atoms with van der Waals surface area (Å²) in [7, 11) is 0. The second-order valence-electron chi connectivity index (χ2n) is 10.1. The Morgan fingerprint density at radius 1 is 0.761 bits per heavy atom. The minimum absolute atomic E-state index is 0.0815. The van der Waals surface area contributed by atoms with E-state index in [0.717, 1.165) is 13.8 Å². The quantitative estimate of drug-likeness (QED) is 0.132. The van der Waals surface area contributed by atoms with E-state index in [1.807, 2.05) is 22.6 Å². The summed E-state index contributed by atoms with van der Waals surface area (Å²) in [6.45, 7) is 2.90. The SMILES string of the molecule is CC(=O)OC[C@H]1O[C@H](NC(=O)C[C@H](NC(=O)OCc2ccccc2)C(=O)OCc2ccccc2)[C@@H](I)[C@@H](OC(C)=O)[C@@H]1OC(C)=O. The van der Waals surface area contributed by atoms with Crippen LogP contribution in [0.5, 0.6) is 0 Å². The van der Waals surface area contributed by atoms with E-state index in [0.29, 0.717) is 11.1 Å². The van der Waals surface area contributed by atoms with Gasteiger partial charge in [0.2, 0.25) is 5.91 Å². The fraction of sp³-hybridized carbons (Fsp3) is 0.419. The van der Waals surface area contributed by atoms with Crippen molar-refractivity contribution >= 4 is 58.5 Å². The van der Waals surface area contributed by atoms with E-state index < -0.39 is 76.8 Å². The van der Waals surface area contributed by atoms with Crippen molar-refractivity contribution in [2.45, 2.75) is 74.9 Å². The van der Waals surface area contributed by atoms with Gasteiger partial charge >= 0.3 is 30.0 Å². The van der Waals surface area contributed by atoms with E-state index in [1.165, 1.54) is 6.92 Å². The van der Waals surface area contributed by atoms with Gasteiger partial charge in [0.25, 0.3) is 0 Å². The van der Waals surface area contributed by atoms with Crippen LogP contribution in [-0.4, -0.2) is 77.0 Å². The molecule has 0 bridgehead atoms. The molecule has 0 aliphatic carbocycles. The average molecular weight is 755 g/mol. The first-order valence-corrected chi connectivity index (χ1v) is 15.4. The number of rotatable bonds is 13. The lowest BCUT2D eigenvalue weighted by molar-refractivity contribution is -0.214. The highest BCUT2D eigenvalue weighted by atomic mass is 127. The highest BCUT2D eigenvalue weighted by Gasteiger charge is 2.50. The highest BCUT2D eigenvalue weighted by Crippen LogP contribution is 2.31. The Bertz CT molecular complexity index is 1360. The summed E-state index contributed by atoms with van der Waals surface area (Å²) in [6, 6.07) is 16.2. The molecule has 6 atom stereocenters. The van der Waals surface area contributed by atoms with Crippen LogP contribution in [0.25, 0.3) is 0 Å². The van der Waals surface area contributed by atoms with E-state index in [9.17, 15) is 28.8 Å². The lowest BCUT2D eigenvalue weighted by atomic mass is 10.00. The molecule has 0 radical (unpaired) electrons. The van der Waals surface area contributed by atoms with E-state index in [-0.39, 0.29) is 19.8 Å². The zero-order valence-electron chi connectivity index (χ0n) is 25.3. The zero-order chi connectivity index (χ0) is 33.6. The largest absolute Gasteiger partial charge is 0.463 e. The Labute approximate surface area is 278 Å².